The molecular formula is C49H31N3O. The average Bonchev–Trinajstić information content (AvgIpc) is 3.63. The van der Waals surface area contributed by atoms with Gasteiger partial charge in [-0.15, -0.1) is 0 Å². The number of para-hydroxylation sites is 1. The molecule has 0 amide bonds. The van der Waals surface area contributed by atoms with Gasteiger partial charge in [-0.3, -0.25) is 0 Å². The number of rotatable bonds is 6. The van der Waals surface area contributed by atoms with E-state index in [4.69, 9.17) is 19.4 Å². The highest BCUT2D eigenvalue weighted by atomic mass is 16.3. The van der Waals surface area contributed by atoms with Crippen molar-refractivity contribution in [3.63, 3.8) is 0 Å². The van der Waals surface area contributed by atoms with Crippen molar-refractivity contribution in [2.45, 2.75) is 0 Å². The maximum atomic E-state index is 6.28. The highest BCUT2D eigenvalue weighted by Gasteiger charge is 2.19. The van der Waals surface area contributed by atoms with Crippen LogP contribution < -0.4 is 0 Å². The fourth-order valence-corrected chi connectivity index (χ4v) is 7.42. The summed E-state index contributed by atoms with van der Waals surface area (Å²) in [5.74, 6) is 1.86. The highest BCUT2D eigenvalue weighted by Crippen LogP contribution is 2.41. The Morgan fingerprint density at radius 3 is 1.38 bits per heavy atom. The number of fused-ring (bicyclic) bond motifs is 4. The van der Waals surface area contributed by atoms with Crippen LogP contribution in [0, 0.1) is 0 Å². The summed E-state index contributed by atoms with van der Waals surface area (Å²) in [6.07, 6.45) is 0. The quantitative estimate of drug-likeness (QED) is 0.176. The first-order valence-corrected chi connectivity index (χ1v) is 17.8. The van der Waals surface area contributed by atoms with Crippen molar-refractivity contribution >= 4 is 32.7 Å². The molecule has 0 atom stereocenters. The molecule has 0 unspecified atom stereocenters. The first kappa shape index (κ1) is 30.6. The smallest absolute Gasteiger partial charge is 0.164 e. The zero-order valence-corrected chi connectivity index (χ0v) is 28.6. The fraction of sp³-hybridized carbons (Fsp3) is 0. The summed E-state index contributed by atoms with van der Waals surface area (Å²) in [6, 6.07) is 65.1. The van der Waals surface area contributed by atoms with Crippen LogP contribution in [0.25, 0.3) is 100 Å². The largest absolute Gasteiger partial charge is 0.456 e. The van der Waals surface area contributed by atoms with Crippen LogP contribution in [0.1, 0.15) is 0 Å². The van der Waals surface area contributed by atoms with Gasteiger partial charge in [0.1, 0.15) is 11.2 Å². The Morgan fingerprint density at radius 2 is 0.736 bits per heavy atom. The molecule has 10 aromatic rings. The van der Waals surface area contributed by atoms with Gasteiger partial charge in [-0.1, -0.05) is 158 Å². The first-order valence-electron chi connectivity index (χ1n) is 17.8. The topological polar surface area (TPSA) is 51.8 Å². The van der Waals surface area contributed by atoms with Crippen molar-refractivity contribution in [2.75, 3.05) is 0 Å². The van der Waals surface area contributed by atoms with E-state index in [1.54, 1.807) is 0 Å². The predicted octanol–water partition coefficient (Wildman–Crippen LogP) is 12.9. The lowest BCUT2D eigenvalue weighted by molar-refractivity contribution is 0.669. The molecule has 0 N–H and O–H groups in total. The number of benzene rings is 8. The van der Waals surface area contributed by atoms with E-state index in [-0.39, 0.29) is 0 Å². The number of nitrogens with zero attached hydrogens (tertiary/aromatic N) is 3. The molecule has 0 radical (unpaired) electrons. The van der Waals surface area contributed by atoms with Crippen LogP contribution in [0.3, 0.4) is 0 Å². The lowest BCUT2D eigenvalue weighted by Crippen LogP contribution is -2.01. The third kappa shape index (κ3) is 5.54. The average molecular weight is 678 g/mol. The molecule has 0 spiro atoms. The zero-order valence-electron chi connectivity index (χ0n) is 28.6. The molecule has 0 bridgehead atoms. The summed E-state index contributed by atoms with van der Waals surface area (Å²) in [5.41, 5.74) is 11.3. The molecule has 2 heterocycles. The second kappa shape index (κ2) is 12.9. The van der Waals surface area contributed by atoms with E-state index in [2.05, 4.69) is 158 Å². The van der Waals surface area contributed by atoms with E-state index in [9.17, 15) is 0 Å². The molecule has 0 aliphatic heterocycles. The monoisotopic (exact) mass is 677 g/mol. The number of furan rings is 1. The van der Waals surface area contributed by atoms with Crippen LogP contribution in [0.4, 0.5) is 0 Å². The molecule has 0 saturated carbocycles. The van der Waals surface area contributed by atoms with Crippen molar-refractivity contribution in [2.24, 2.45) is 0 Å². The molecule has 8 aromatic carbocycles. The third-order valence-corrected chi connectivity index (χ3v) is 9.95. The van der Waals surface area contributed by atoms with Gasteiger partial charge in [0.25, 0.3) is 0 Å². The Hall–Kier alpha value is -7.17. The van der Waals surface area contributed by atoms with Crippen LogP contribution in [0.15, 0.2) is 192 Å². The lowest BCUT2D eigenvalue weighted by Gasteiger charge is -2.14. The lowest BCUT2D eigenvalue weighted by atomic mass is 9.92. The van der Waals surface area contributed by atoms with Crippen LogP contribution in [-0.4, -0.2) is 15.0 Å². The van der Waals surface area contributed by atoms with E-state index in [0.29, 0.717) is 17.5 Å². The first-order chi connectivity index (χ1) is 26.3. The Bertz CT molecular complexity index is 2850. The van der Waals surface area contributed by atoms with Crippen LogP contribution in [0.2, 0.25) is 0 Å². The number of hydrogen-bond acceptors (Lipinski definition) is 4. The Kier molecular flexibility index (Phi) is 7.43. The Balaban J connectivity index is 1.18. The second-order valence-corrected chi connectivity index (χ2v) is 13.2. The summed E-state index contributed by atoms with van der Waals surface area (Å²) >= 11 is 0. The maximum Gasteiger partial charge on any atom is 0.164 e. The molecule has 2 aromatic heterocycles. The molecule has 10 rings (SSSR count). The standard InChI is InChI=1S/C49H31N3O/c1-3-14-32(15-4-1)34-18-11-20-36(30-34)47-50-48(37-21-12-19-35(31-37)33-16-5-2-6-17-33)52-49(51-47)42-29-28-40(38-22-7-8-23-39(38)42)41-25-13-27-45-46(41)43-24-9-10-26-44(43)53-45/h1-31H. The van der Waals surface area contributed by atoms with E-state index in [1.165, 1.54) is 0 Å². The van der Waals surface area contributed by atoms with E-state index in [1.807, 2.05) is 30.3 Å². The van der Waals surface area contributed by atoms with Crippen LogP contribution >= 0.6 is 0 Å². The fourth-order valence-electron chi connectivity index (χ4n) is 7.42. The molecular weight excluding hydrogens is 647 g/mol. The summed E-state index contributed by atoms with van der Waals surface area (Å²) in [5, 5.41) is 4.40. The predicted molar refractivity (Wildman–Crippen MR) is 217 cm³/mol. The van der Waals surface area contributed by atoms with Crippen molar-refractivity contribution < 1.29 is 4.42 Å². The molecule has 4 nitrogen and oxygen atoms in total. The van der Waals surface area contributed by atoms with Gasteiger partial charge in [-0.25, -0.2) is 15.0 Å². The molecule has 0 aliphatic carbocycles. The maximum absolute atomic E-state index is 6.28. The second-order valence-electron chi connectivity index (χ2n) is 13.2. The summed E-state index contributed by atoms with van der Waals surface area (Å²) in [4.78, 5) is 15.6. The van der Waals surface area contributed by atoms with Gasteiger partial charge in [-0.05, 0) is 74.5 Å². The summed E-state index contributed by atoms with van der Waals surface area (Å²) in [6.45, 7) is 0. The van der Waals surface area contributed by atoms with E-state index < -0.39 is 0 Å². The minimum atomic E-state index is 0.620. The number of aromatic nitrogens is 3. The molecule has 248 valence electrons. The Labute approximate surface area is 306 Å². The van der Waals surface area contributed by atoms with Crippen molar-refractivity contribution in [3.05, 3.63) is 188 Å². The third-order valence-electron chi connectivity index (χ3n) is 9.95. The van der Waals surface area contributed by atoms with Gasteiger partial charge in [0.15, 0.2) is 17.5 Å². The van der Waals surface area contributed by atoms with E-state index >= 15 is 0 Å². The molecule has 53 heavy (non-hydrogen) atoms. The van der Waals surface area contributed by atoms with Gasteiger partial charge in [-0.2, -0.15) is 0 Å². The summed E-state index contributed by atoms with van der Waals surface area (Å²) in [7, 11) is 0. The summed E-state index contributed by atoms with van der Waals surface area (Å²) < 4.78 is 6.28. The SMILES string of the molecule is c1ccc(-c2cccc(-c3nc(-c4cccc(-c5ccccc5)c4)nc(-c4ccc(-c5cccc6oc7ccccc7c56)c5ccccc45)n3)c2)cc1. The zero-order chi connectivity index (χ0) is 35.1. The molecule has 0 saturated heterocycles. The van der Waals surface area contributed by atoms with Crippen LogP contribution in [0.5, 0.6) is 0 Å². The van der Waals surface area contributed by atoms with Crippen molar-refractivity contribution in [1.29, 1.82) is 0 Å². The van der Waals surface area contributed by atoms with Crippen molar-refractivity contribution in [3.8, 4) is 67.5 Å². The van der Waals surface area contributed by atoms with Gasteiger partial charge in [0.05, 0.1) is 0 Å². The van der Waals surface area contributed by atoms with Gasteiger partial charge < -0.3 is 4.42 Å². The normalized spacial score (nSPS) is 11.4. The highest BCUT2D eigenvalue weighted by molar-refractivity contribution is 6.16. The molecule has 0 aliphatic rings. The minimum absolute atomic E-state index is 0.620. The van der Waals surface area contributed by atoms with Crippen molar-refractivity contribution in [1.82, 2.24) is 15.0 Å². The van der Waals surface area contributed by atoms with Gasteiger partial charge in [0.2, 0.25) is 0 Å². The number of hydrogen-bond donors (Lipinski definition) is 0. The van der Waals surface area contributed by atoms with Gasteiger partial charge >= 0.3 is 0 Å². The molecule has 0 fully saturated rings. The van der Waals surface area contributed by atoms with E-state index in [0.717, 1.165) is 82.8 Å². The van der Waals surface area contributed by atoms with Gasteiger partial charge in [0, 0.05) is 27.5 Å². The van der Waals surface area contributed by atoms with Crippen LogP contribution in [-0.2, 0) is 0 Å². The Morgan fingerprint density at radius 1 is 0.283 bits per heavy atom. The minimum Gasteiger partial charge on any atom is -0.456 e. The molecule has 4 heteroatoms.